The molecule has 0 spiro atoms. The molecule has 0 bridgehead atoms. The Kier molecular flexibility index (Phi) is 3.61. The maximum absolute atomic E-state index is 12.0. The molecular weight excluding hydrogens is 264 g/mol. The number of anilines is 2. The number of esters is 1. The van der Waals surface area contributed by atoms with Crippen LogP contribution < -0.4 is 10.2 Å². The van der Waals surface area contributed by atoms with Gasteiger partial charge in [0.2, 0.25) is 0 Å². The molecule has 2 aliphatic heterocycles. The zero-order valence-electron chi connectivity index (χ0n) is 11.0. The van der Waals surface area contributed by atoms with Crippen molar-refractivity contribution in [3.8, 4) is 0 Å². The maximum Gasteiger partial charge on any atom is 0.350 e. The Morgan fingerprint density at radius 3 is 3.00 bits per heavy atom. The molecule has 1 aromatic rings. The lowest BCUT2D eigenvalue weighted by Gasteiger charge is -2.28. The second-order valence-electron chi connectivity index (χ2n) is 4.59. The molecule has 1 N–H and O–H groups in total. The first-order chi connectivity index (χ1) is 9.31. The van der Waals surface area contributed by atoms with E-state index in [-0.39, 0.29) is 5.97 Å². The van der Waals surface area contributed by atoms with Crippen molar-refractivity contribution in [1.29, 1.82) is 0 Å². The zero-order valence-corrected chi connectivity index (χ0v) is 11.8. The van der Waals surface area contributed by atoms with Crippen LogP contribution >= 0.6 is 11.3 Å². The Hall–Kier alpha value is -1.27. The van der Waals surface area contributed by atoms with Gasteiger partial charge in [0.05, 0.1) is 30.5 Å². The van der Waals surface area contributed by atoms with E-state index >= 15 is 0 Å². The summed E-state index contributed by atoms with van der Waals surface area (Å²) in [6.07, 6.45) is 0.984. The number of nitrogens with one attached hydrogen (secondary N) is 1. The molecule has 104 valence electrons. The van der Waals surface area contributed by atoms with E-state index in [1.165, 1.54) is 10.6 Å². The van der Waals surface area contributed by atoms with Crippen LogP contribution in [0.15, 0.2) is 0 Å². The smallest absolute Gasteiger partial charge is 0.350 e. The molecule has 0 saturated carbocycles. The number of nitrogens with zero attached hydrogens (tertiary/aromatic N) is 1. The van der Waals surface area contributed by atoms with Gasteiger partial charge in [0.1, 0.15) is 4.88 Å². The van der Waals surface area contributed by atoms with Crippen molar-refractivity contribution in [3.05, 3.63) is 10.4 Å². The normalized spacial score (nSPS) is 18.1. The average Bonchev–Trinajstić information content (AvgIpc) is 3.01. The predicted molar refractivity (Wildman–Crippen MR) is 75.5 cm³/mol. The van der Waals surface area contributed by atoms with Crippen LogP contribution in [-0.2, 0) is 15.9 Å². The second kappa shape index (κ2) is 5.38. The number of carbonyl (C=O) groups excluding carboxylic acids is 1. The molecule has 0 atom stereocenters. The van der Waals surface area contributed by atoms with Crippen LogP contribution in [0.1, 0.15) is 22.2 Å². The number of morpholine rings is 1. The molecule has 19 heavy (non-hydrogen) atoms. The van der Waals surface area contributed by atoms with Gasteiger partial charge >= 0.3 is 5.97 Å². The first-order valence-corrected chi connectivity index (χ1v) is 7.52. The fraction of sp³-hybridized carbons (Fsp3) is 0.615. The Balaban J connectivity index is 1.92. The molecule has 3 heterocycles. The van der Waals surface area contributed by atoms with E-state index in [0.29, 0.717) is 6.61 Å². The zero-order chi connectivity index (χ0) is 13.2. The lowest BCUT2D eigenvalue weighted by molar-refractivity contribution is 0.0533. The summed E-state index contributed by atoms with van der Waals surface area (Å²) in [6, 6.07) is 0. The van der Waals surface area contributed by atoms with E-state index in [1.807, 2.05) is 6.92 Å². The molecule has 3 rings (SSSR count). The van der Waals surface area contributed by atoms with E-state index in [9.17, 15) is 4.79 Å². The van der Waals surface area contributed by atoms with Crippen LogP contribution in [0.4, 0.5) is 10.7 Å². The van der Waals surface area contributed by atoms with Crippen molar-refractivity contribution in [3.63, 3.8) is 0 Å². The topological polar surface area (TPSA) is 50.8 Å². The number of fused-ring (bicyclic) bond motifs is 1. The molecule has 1 fully saturated rings. The van der Waals surface area contributed by atoms with Crippen LogP contribution in [0.25, 0.3) is 0 Å². The minimum atomic E-state index is -0.211. The number of thiophene rings is 1. The van der Waals surface area contributed by atoms with Crippen molar-refractivity contribution in [2.45, 2.75) is 13.3 Å². The van der Waals surface area contributed by atoms with Crippen LogP contribution in [-0.4, -0.2) is 45.4 Å². The fourth-order valence-electron chi connectivity index (χ4n) is 2.55. The van der Waals surface area contributed by atoms with E-state index < -0.39 is 0 Å². The van der Waals surface area contributed by atoms with Gasteiger partial charge in [-0.3, -0.25) is 0 Å². The van der Waals surface area contributed by atoms with Gasteiger partial charge in [0.15, 0.2) is 0 Å². The quantitative estimate of drug-likeness (QED) is 0.856. The number of rotatable bonds is 3. The van der Waals surface area contributed by atoms with Gasteiger partial charge in [-0.25, -0.2) is 4.79 Å². The maximum atomic E-state index is 12.0. The van der Waals surface area contributed by atoms with Gasteiger partial charge in [-0.1, -0.05) is 0 Å². The number of hydrogen-bond donors (Lipinski definition) is 1. The number of carbonyl (C=O) groups is 1. The Labute approximate surface area is 116 Å². The molecule has 0 unspecified atom stereocenters. The predicted octanol–water partition coefficient (Wildman–Crippen LogP) is 1.73. The lowest BCUT2D eigenvalue weighted by atomic mass is 10.2. The van der Waals surface area contributed by atoms with Crippen LogP contribution in [0.3, 0.4) is 0 Å². The molecule has 6 heteroatoms. The van der Waals surface area contributed by atoms with E-state index in [4.69, 9.17) is 9.47 Å². The highest BCUT2D eigenvalue weighted by molar-refractivity contribution is 7.18. The summed E-state index contributed by atoms with van der Waals surface area (Å²) in [5.41, 5.74) is 2.26. The van der Waals surface area contributed by atoms with Crippen LogP contribution in [0, 0.1) is 0 Å². The van der Waals surface area contributed by atoms with Crippen molar-refractivity contribution >= 4 is 28.0 Å². The van der Waals surface area contributed by atoms with Crippen molar-refractivity contribution < 1.29 is 14.3 Å². The Morgan fingerprint density at radius 2 is 2.26 bits per heavy atom. The van der Waals surface area contributed by atoms with E-state index in [1.54, 1.807) is 11.3 Å². The van der Waals surface area contributed by atoms with Crippen LogP contribution in [0.5, 0.6) is 0 Å². The minimum absolute atomic E-state index is 0.211. The third-order valence-electron chi connectivity index (χ3n) is 3.42. The molecular formula is C13H18N2O3S. The summed E-state index contributed by atoms with van der Waals surface area (Å²) >= 11 is 1.55. The highest BCUT2D eigenvalue weighted by Crippen LogP contribution is 2.43. The molecule has 1 saturated heterocycles. The standard InChI is InChI=1S/C13H18N2O3S/c1-2-18-13(16)11-10-9(3-4-14-10)12(19-11)15-5-7-17-8-6-15/h14H,2-8H2,1H3. The van der Waals surface area contributed by atoms with Gasteiger partial charge in [-0.15, -0.1) is 11.3 Å². The first kappa shape index (κ1) is 12.7. The van der Waals surface area contributed by atoms with Crippen LogP contribution in [0.2, 0.25) is 0 Å². The Morgan fingerprint density at radius 1 is 1.47 bits per heavy atom. The van der Waals surface area contributed by atoms with E-state index in [2.05, 4.69) is 10.2 Å². The monoisotopic (exact) mass is 282 g/mol. The molecule has 0 aromatic carbocycles. The van der Waals surface area contributed by atoms with Crippen molar-refractivity contribution in [2.75, 3.05) is 49.7 Å². The third-order valence-corrected chi connectivity index (χ3v) is 4.69. The summed E-state index contributed by atoms with van der Waals surface area (Å²) in [4.78, 5) is 15.0. The SMILES string of the molecule is CCOC(=O)c1sc(N2CCOCC2)c2c1NCC2. The van der Waals surface area contributed by atoms with Gasteiger partial charge in [0, 0.05) is 25.2 Å². The van der Waals surface area contributed by atoms with Gasteiger partial charge < -0.3 is 19.7 Å². The molecule has 5 nitrogen and oxygen atoms in total. The minimum Gasteiger partial charge on any atom is -0.462 e. The van der Waals surface area contributed by atoms with E-state index in [0.717, 1.165) is 49.8 Å². The number of hydrogen-bond acceptors (Lipinski definition) is 6. The van der Waals surface area contributed by atoms with Gasteiger partial charge in [-0.05, 0) is 13.3 Å². The second-order valence-corrected chi connectivity index (χ2v) is 5.59. The molecule has 2 aliphatic rings. The highest BCUT2D eigenvalue weighted by atomic mass is 32.1. The summed E-state index contributed by atoms with van der Waals surface area (Å²) in [5, 5.41) is 4.53. The third kappa shape index (κ3) is 2.30. The summed E-state index contributed by atoms with van der Waals surface area (Å²) in [6.45, 7) is 6.47. The molecule has 0 radical (unpaired) electrons. The molecule has 0 amide bonds. The van der Waals surface area contributed by atoms with Crippen molar-refractivity contribution in [1.82, 2.24) is 0 Å². The average molecular weight is 282 g/mol. The Bertz CT molecular complexity index is 480. The van der Waals surface area contributed by atoms with Crippen molar-refractivity contribution in [2.24, 2.45) is 0 Å². The highest BCUT2D eigenvalue weighted by Gasteiger charge is 2.29. The first-order valence-electron chi connectivity index (χ1n) is 6.70. The fourth-order valence-corrected chi connectivity index (χ4v) is 3.82. The van der Waals surface area contributed by atoms with Gasteiger partial charge in [0.25, 0.3) is 0 Å². The number of ether oxygens (including phenoxy) is 2. The lowest BCUT2D eigenvalue weighted by Crippen LogP contribution is -2.36. The molecule has 0 aliphatic carbocycles. The summed E-state index contributed by atoms with van der Waals surface area (Å²) in [7, 11) is 0. The largest absolute Gasteiger partial charge is 0.462 e. The summed E-state index contributed by atoms with van der Waals surface area (Å²) in [5.74, 6) is -0.211. The summed E-state index contributed by atoms with van der Waals surface area (Å²) < 4.78 is 10.5. The molecule has 1 aromatic heterocycles. The van der Waals surface area contributed by atoms with Gasteiger partial charge in [-0.2, -0.15) is 0 Å².